The summed E-state index contributed by atoms with van der Waals surface area (Å²) in [5.41, 5.74) is 0.184. The molecule has 4 N–H and O–H groups in total. The minimum atomic E-state index is -4.03. The summed E-state index contributed by atoms with van der Waals surface area (Å²) in [5, 5.41) is 5.88. The molecule has 0 atom stereocenters. The molecule has 4 rings (SSSR count). The lowest BCUT2D eigenvalue weighted by Gasteiger charge is -2.12. The normalized spacial score (nSPS) is 11.4. The second kappa shape index (κ2) is 10.2. The Morgan fingerprint density at radius 3 is 2.50 bits per heavy atom. The molecule has 2 aromatic carbocycles. The fraction of sp³-hybridized carbons (Fsp3) is 0.174. The number of nitrogens with zero attached hydrogens (tertiary/aromatic N) is 1. The number of aromatic nitrogens is 2. The van der Waals surface area contributed by atoms with Gasteiger partial charge in [0.25, 0.3) is 15.6 Å². The number of aromatic amines is 1. The Bertz CT molecular complexity index is 1690. The van der Waals surface area contributed by atoms with E-state index in [1.807, 2.05) is 11.6 Å². The number of urea groups is 1. The number of thiophene rings is 1. The maximum absolute atomic E-state index is 13.1. The molecule has 0 aliphatic heterocycles. The van der Waals surface area contributed by atoms with Gasteiger partial charge in [-0.15, -0.1) is 11.3 Å². The van der Waals surface area contributed by atoms with Crippen molar-refractivity contribution >= 4 is 61.3 Å². The molecule has 10 nitrogen and oxygen atoms in total. The van der Waals surface area contributed by atoms with Gasteiger partial charge in [0.05, 0.1) is 21.6 Å². The van der Waals surface area contributed by atoms with E-state index in [1.54, 1.807) is 31.2 Å². The van der Waals surface area contributed by atoms with Crippen LogP contribution in [0.1, 0.15) is 18.2 Å². The monoisotopic (exact) mass is 547 g/mol. The Morgan fingerprint density at radius 1 is 1.08 bits per heavy atom. The van der Waals surface area contributed by atoms with Crippen molar-refractivity contribution in [1.82, 2.24) is 14.3 Å². The van der Waals surface area contributed by atoms with Crippen LogP contribution in [0.4, 0.5) is 16.2 Å². The molecule has 2 aromatic heterocycles. The van der Waals surface area contributed by atoms with E-state index in [9.17, 15) is 22.8 Å². The highest BCUT2D eigenvalue weighted by Crippen LogP contribution is 2.24. The van der Waals surface area contributed by atoms with Gasteiger partial charge in [0.2, 0.25) is 0 Å². The van der Waals surface area contributed by atoms with Gasteiger partial charge in [0.15, 0.2) is 0 Å². The fourth-order valence-electron chi connectivity index (χ4n) is 3.47. The van der Waals surface area contributed by atoms with E-state index < -0.39 is 27.3 Å². The number of carbonyl (C=O) groups is 1. The lowest BCUT2D eigenvalue weighted by atomic mass is 10.2. The third-order valence-corrected chi connectivity index (χ3v) is 8.26. The number of benzene rings is 2. The summed E-state index contributed by atoms with van der Waals surface area (Å²) < 4.78 is 27.5. The molecule has 188 valence electrons. The van der Waals surface area contributed by atoms with Gasteiger partial charge in [0, 0.05) is 22.8 Å². The Balaban J connectivity index is 1.59. The summed E-state index contributed by atoms with van der Waals surface area (Å²) in [6, 6.07) is 11.2. The Kier molecular flexibility index (Phi) is 7.20. The smallest absolute Gasteiger partial charge is 0.333 e. The molecule has 0 aliphatic rings. The lowest BCUT2D eigenvalue weighted by Crippen LogP contribution is -2.34. The summed E-state index contributed by atoms with van der Waals surface area (Å²) in [6.07, 6.45) is 0.922. The van der Waals surface area contributed by atoms with Crippen molar-refractivity contribution < 1.29 is 13.2 Å². The second-order valence-corrected chi connectivity index (χ2v) is 11.5. The first-order valence-electron chi connectivity index (χ1n) is 10.8. The van der Waals surface area contributed by atoms with E-state index >= 15 is 0 Å². The van der Waals surface area contributed by atoms with Gasteiger partial charge >= 0.3 is 11.7 Å². The van der Waals surface area contributed by atoms with Gasteiger partial charge in [-0.3, -0.25) is 4.79 Å². The van der Waals surface area contributed by atoms with Crippen LogP contribution in [0.2, 0.25) is 5.02 Å². The van der Waals surface area contributed by atoms with E-state index in [0.29, 0.717) is 10.9 Å². The van der Waals surface area contributed by atoms with E-state index in [1.165, 1.54) is 24.3 Å². The molecule has 2 heterocycles. The van der Waals surface area contributed by atoms with Crippen molar-refractivity contribution in [2.45, 2.75) is 24.5 Å². The molecule has 0 spiro atoms. The number of fused-ring (bicyclic) bond motifs is 1. The quantitative estimate of drug-likeness (QED) is 0.275. The Morgan fingerprint density at radius 2 is 1.83 bits per heavy atom. The number of hydrogen-bond donors (Lipinski definition) is 4. The van der Waals surface area contributed by atoms with Crippen LogP contribution in [-0.4, -0.2) is 30.5 Å². The molecule has 13 heteroatoms. The summed E-state index contributed by atoms with van der Waals surface area (Å²) in [6.45, 7) is 4.53. The number of hydrogen-bond acceptors (Lipinski definition) is 7. The molecule has 0 aliphatic carbocycles. The van der Waals surface area contributed by atoms with Crippen LogP contribution in [0.3, 0.4) is 0 Å². The molecule has 0 bridgehead atoms. The molecule has 0 unspecified atom stereocenters. The van der Waals surface area contributed by atoms with Gasteiger partial charge in [-0.05, 0) is 61.9 Å². The van der Waals surface area contributed by atoms with Crippen LogP contribution >= 0.6 is 22.9 Å². The van der Waals surface area contributed by atoms with Gasteiger partial charge < -0.3 is 15.6 Å². The molecular weight excluding hydrogens is 526 g/mol. The summed E-state index contributed by atoms with van der Waals surface area (Å²) >= 11 is 7.38. The molecular formula is C23H22ClN5O5S2. The first kappa shape index (κ1) is 25.5. The van der Waals surface area contributed by atoms with Crippen molar-refractivity contribution in [2.75, 3.05) is 17.2 Å². The zero-order chi connectivity index (χ0) is 26.0. The van der Waals surface area contributed by atoms with E-state index in [2.05, 4.69) is 15.6 Å². The maximum Gasteiger partial charge on any atom is 0.333 e. The maximum atomic E-state index is 13.1. The third kappa shape index (κ3) is 5.30. The predicted molar refractivity (Wildman–Crippen MR) is 142 cm³/mol. The third-order valence-electron chi connectivity index (χ3n) is 5.13. The van der Waals surface area contributed by atoms with Crippen molar-refractivity contribution in [1.29, 1.82) is 0 Å². The average molecular weight is 548 g/mol. The molecule has 0 saturated carbocycles. The number of sulfonamides is 1. The van der Waals surface area contributed by atoms with Crippen LogP contribution in [-0.2, 0) is 10.0 Å². The van der Waals surface area contributed by atoms with Crippen LogP contribution < -0.4 is 26.6 Å². The van der Waals surface area contributed by atoms with Gasteiger partial charge in [0.1, 0.15) is 4.21 Å². The van der Waals surface area contributed by atoms with E-state index in [-0.39, 0.29) is 20.6 Å². The van der Waals surface area contributed by atoms with Gasteiger partial charge in [-0.1, -0.05) is 18.5 Å². The molecule has 36 heavy (non-hydrogen) atoms. The minimum absolute atomic E-state index is 0.00211. The number of rotatable bonds is 7. The zero-order valence-corrected chi connectivity index (χ0v) is 21.6. The number of nitrogens with one attached hydrogen (secondary N) is 4. The van der Waals surface area contributed by atoms with Crippen LogP contribution in [0.15, 0.2) is 62.3 Å². The van der Waals surface area contributed by atoms with Crippen LogP contribution in [0.25, 0.3) is 16.6 Å². The summed E-state index contributed by atoms with van der Waals surface area (Å²) in [4.78, 5) is 41.6. The van der Waals surface area contributed by atoms with Crippen molar-refractivity contribution in [3.8, 4) is 5.69 Å². The number of halogens is 1. The average Bonchev–Trinajstić information content (AvgIpc) is 3.26. The standard InChI is InChI=1S/C23H22ClN5O5S2/c1-3-10-25-14-5-7-16-18(12-14)27-23(32)29(21(16)30)19-8-6-15(11-17(19)24)26-22(31)28-36(33,34)20-9-4-13(2)35-20/h4-9,11-12,25H,3,10H2,1-2H3,(H,27,32)(H2,26,28,31). The number of aryl methyl sites for hydroxylation is 1. The summed E-state index contributed by atoms with van der Waals surface area (Å²) in [5.74, 6) is 0. The highest BCUT2D eigenvalue weighted by atomic mass is 35.5. The first-order chi connectivity index (χ1) is 17.1. The lowest BCUT2D eigenvalue weighted by molar-refractivity contribution is 0.256. The number of anilines is 2. The molecule has 0 fully saturated rings. The van der Waals surface area contributed by atoms with Crippen LogP contribution in [0, 0.1) is 6.92 Å². The van der Waals surface area contributed by atoms with Crippen molar-refractivity contribution in [3.05, 3.63) is 79.3 Å². The zero-order valence-electron chi connectivity index (χ0n) is 19.2. The Labute approximate surface area is 215 Å². The second-order valence-electron chi connectivity index (χ2n) is 7.85. The molecule has 4 aromatic rings. The molecule has 0 radical (unpaired) electrons. The van der Waals surface area contributed by atoms with Gasteiger partial charge in [-0.2, -0.15) is 0 Å². The van der Waals surface area contributed by atoms with Crippen molar-refractivity contribution in [3.63, 3.8) is 0 Å². The molecule has 0 saturated heterocycles. The highest BCUT2D eigenvalue weighted by molar-refractivity contribution is 7.92. The predicted octanol–water partition coefficient (Wildman–Crippen LogP) is 4.03. The van der Waals surface area contributed by atoms with Crippen LogP contribution in [0.5, 0.6) is 0 Å². The number of carbonyl (C=O) groups excluding carboxylic acids is 1. The largest absolute Gasteiger partial charge is 0.385 e. The Hall–Kier alpha value is -3.61. The molecule has 2 amide bonds. The number of amides is 2. The topological polar surface area (TPSA) is 142 Å². The summed E-state index contributed by atoms with van der Waals surface area (Å²) in [7, 11) is -4.03. The van der Waals surface area contributed by atoms with E-state index in [4.69, 9.17) is 11.6 Å². The van der Waals surface area contributed by atoms with Crippen molar-refractivity contribution in [2.24, 2.45) is 0 Å². The minimum Gasteiger partial charge on any atom is -0.385 e. The first-order valence-corrected chi connectivity index (χ1v) is 13.5. The highest BCUT2D eigenvalue weighted by Gasteiger charge is 2.20. The van der Waals surface area contributed by atoms with Gasteiger partial charge in [-0.25, -0.2) is 27.3 Å². The SMILES string of the molecule is CCCNc1ccc2c(=O)n(-c3ccc(NC(=O)NS(=O)(=O)c4ccc(C)s4)cc3Cl)c(=O)[nH]c2c1. The van der Waals surface area contributed by atoms with E-state index in [0.717, 1.165) is 39.4 Å². The number of H-pyrrole nitrogens is 1. The fourth-order valence-corrected chi connectivity index (χ4v) is 5.92.